The van der Waals surface area contributed by atoms with Crippen molar-refractivity contribution in [3.8, 4) is 0 Å². The predicted molar refractivity (Wildman–Crippen MR) is 82.0 cm³/mol. The molecule has 0 atom stereocenters. The first kappa shape index (κ1) is 16.4. The van der Waals surface area contributed by atoms with Crippen molar-refractivity contribution in [1.82, 2.24) is 15.3 Å². The van der Waals surface area contributed by atoms with Crippen molar-refractivity contribution in [2.24, 2.45) is 5.92 Å². The maximum Gasteiger partial charge on any atom is 0.270 e. The fraction of sp³-hybridized carbons (Fsp3) is 0.667. The van der Waals surface area contributed by atoms with Crippen LogP contribution in [0.1, 0.15) is 51.0 Å². The molecule has 0 saturated carbocycles. The van der Waals surface area contributed by atoms with Crippen LogP contribution in [-0.2, 0) is 0 Å². The van der Waals surface area contributed by atoms with Gasteiger partial charge in [-0.2, -0.15) is 0 Å². The van der Waals surface area contributed by atoms with E-state index in [-0.39, 0.29) is 5.91 Å². The maximum absolute atomic E-state index is 12.0. The lowest BCUT2D eigenvalue weighted by Crippen LogP contribution is -2.30. The first-order chi connectivity index (χ1) is 9.58. The van der Waals surface area contributed by atoms with E-state index < -0.39 is 0 Å². The van der Waals surface area contributed by atoms with Gasteiger partial charge in [0.05, 0.1) is 0 Å². The van der Waals surface area contributed by atoms with Gasteiger partial charge in [0.2, 0.25) is 5.95 Å². The van der Waals surface area contributed by atoms with Gasteiger partial charge in [0.15, 0.2) is 0 Å². The van der Waals surface area contributed by atoms with Gasteiger partial charge in [-0.3, -0.25) is 4.79 Å². The zero-order valence-electron chi connectivity index (χ0n) is 13.0. The number of hydrogen-bond donors (Lipinski definition) is 1. The second-order valence-electron chi connectivity index (χ2n) is 5.33. The summed E-state index contributed by atoms with van der Waals surface area (Å²) in [4.78, 5) is 22.8. The third-order valence-corrected chi connectivity index (χ3v) is 2.82. The molecule has 0 spiro atoms. The largest absolute Gasteiger partial charge is 0.350 e. The Hall–Kier alpha value is -1.65. The average molecular weight is 278 g/mol. The van der Waals surface area contributed by atoms with Crippen molar-refractivity contribution < 1.29 is 4.79 Å². The fourth-order valence-corrected chi connectivity index (χ4v) is 1.87. The van der Waals surface area contributed by atoms with E-state index >= 15 is 0 Å². The molecule has 1 rings (SSSR count). The zero-order valence-corrected chi connectivity index (χ0v) is 13.0. The normalized spacial score (nSPS) is 10.7. The molecule has 0 aliphatic heterocycles. The molecule has 0 aliphatic carbocycles. The van der Waals surface area contributed by atoms with Gasteiger partial charge in [-0.05, 0) is 24.8 Å². The van der Waals surface area contributed by atoms with Crippen molar-refractivity contribution in [3.05, 3.63) is 18.0 Å². The summed E-state index contributed by atoms with van der Waals surface area (Å²) in [5, 5.41) is 2.88. The predicted octanol–water partition coefficient (Wildman–Crippen LogP) is 2.49. The summed E-state index contributed by atoms with van der Waals surface area (Å²) in [6.07, 6.45) is 3.73. The van der Waals surface area contributed by atoms with Crippen LogP contribution in [0.3, 0.4) is 0 Å². The first-order valence-electron chi connectivity index (χ1n) is 7.44. The van der Waals surface area contributed by atoms with E-state index in [4.69, 9.17) is 0 Å². The van der Waals surface area contributed by atoms with Crippen LogP contribution in [0, 0.1) is 5.92 Å². The SMILES string of the molecule is CCCN(CCC)c1nccc(C(=O)NCC(C)C)n1. The number of rotatable bonds is 8. The third kappa shape index (κ3) is 5.15. The summed E-state index contributed by atoms with van der Waals surface area (Å²) < 4.78 is 0. The lowest BCUT2D eigenvalue weighted by atomic mass is 10.2. The monoisotopic (exact) mass is 278 g/mol. The molecule has 1 aromatic rings. The second kappa shape index (κ2) is 8.51. The van der Waals surface area contributed by atoms with Crippen molar-refractivity contribution in [3.63, 3.8) is 0 Å². The van der Waals surface area contributed by atoms with Crippen LogP contribution >= 0.6 is 0 Å². The number of hydrogen-bond acceptors (Lipinski definition) is 4. The van der Waals surface area contributed by atoms with E-state index in [0.717, 1.165) is 25.9 Å². The number of aromatic nitrogens is 2. The standard InChI is InChI=1S/C15H26N4O/c1-5-9-19(10-6-2)15-16-8-7-13(18-15)14(20)17-11-12(3)4/h7-8,12H,5-6,9-11H2,1-4H3,(H,17,20). The van der Waals surface area contributed by atoms with E-state index in [0.29, 0.717) is 24.1 Å². The number of carbonyl (C=O) groups excluding carboxylic acids is 1. The van der Waals surface area contributed by atoms with Crippen LogP contribution in [0.5, 0.6) is 0 Å². The molecule has 1 aromatic heterocycles. The molecular weight excluding hydrogens is 252 g/mol. The summed E-state index contributed by atoms with van der Waals surface area (Å²) in [5.74, 6) is 0.943. The second-order valence-corrected chi connectivity index (χ2v) is 5.33. The Morgan fingerprint density at radius 2 is 1.95 bits per heavy atom. The lowest BCUT2D eigenvalue weighted by molar-refractivity contribution is 0.0944. The highest BCUT2D eigenvalue weighted by atomic mass is 16.1. The van der Waals surface area contributed by atoms with Crippen LogP contribution in [0.2, 0.25) is 0 Å². The van der Waals surface area contributed by atoms with Gasteiger partial charge in [0, 0.05) is 25.8 Å². The summed E-state index contributed by atoms with van der Waals surface area (Å²) >= 11 is 0. The molecule has 5 nitrogen and oxygen atoms in total. The molecule has 20 heavy (non-hydrogen) atoms. The van der Waals surface area contributed by atoms with Crippen LogP contribution in [-0.4, -0.2) is 35.5 Å². The molecule has 0 aliphatic rings. The number of amides is 1. The highest BCUT2D eigenvalue weighted by Gasteiger charge is 2.12. The Kier molecular flexibility index (Phi) is 6.98. The van der Waals surface area contributed by atoms with Gasteiger partial charge in [0.25, 0.3) is 5.91 Å². The van der Waals surface area contributed by atoms with Gasteiger partial charge < -0.3 is 10.2 Å². The molecule has 0 aromatic carbocycles. The molecule has 112 valence electrons. The van der Waals surface area contributed by atoms with Crippen molar-refractivity contribution in [2.45, 2.75) is 40.5 Å². The summed E-state index contributed by atoms with van der Waals surface area (Å²) in [6.45, 7) is 10.9. The van der Waals surface area contributed by atoms with E-state index in [1.165, 1.54) is 0 Å². The fourth-order valence-electron chi connectivity index (χ4n) is 1.87. The van der Waals surface area contributed by atoms with Crippen molar-refractivity contribution >= 4 is 11.9 Å². The molecule has 1 N–H and O–H groups in total. The zero-order chi connectivity index (χ0) is 15.0. The molecule has 0 bridgehead atoms. The summed E-state index contributed by atoms with van der Waals surface area (Å²) in [5.41, 5.74) is 0.438. The van der Waals surface area contributed by atoms with Gasteiger partial charge in [-0.1, -0.05) is 27.7 Å². The minimum Gasteiger partial charge on any atom is -0.350 e. The molecule has 1 amide bonds. The van der Waals surface area contributed by atoms with E-state index in [2.05, 4.69) is 47.9 Å². The quantitative estimate of drug-likeness (QED) is 0.793. The Morgan fingerprint density at radius 3 is 2.50 bits per heavy atom. The number of anilines is 1. The smallest absolute Gasteiger partial charge is 0.270 e. The Morgan fingerprint density at radius 1 is 1.30 bits per heavy atom. The van der Waals surface area contributed by atoms with Gasteiger partial charge in [-0.25, -0.2) is 9.97 Å². The van der Waals surface area contributed by atoms with Gasteiger partial charge in [0.1, 0.15) is 5.69 Å². The van der Waals surface area contributed by atoms with Gasteiger partial charge in [-0.15, -0.1) is 0 Å². The third-order valence-electron chi connectivity index (χ3n) is 2.82. The number of nitrogens with zero attached hydrogens (tertiary/aromatic N) is 3. The van der Waals surface area contributed by atoms with Crippen molar-refractivity contribution in [1.29, 1.82) is 0 Å². The highest BCUT2D eigenvalue weighted by molar-refractivity contribution is 5.92. The van der Waals surface area contributed by atoms with Crippen LogP contribution in [0.15, 0.2) is 12.3 Å². The van der Waals surface area contributed by atoms with Crippen LogP contribution in [0.4, 0.5) is 5.95 Å². The molecule has 0 unspecified atom stereocenters. The van der Waals surface area contributed by atoms with Crippen LogP contribution < -0.4 is 10.2 Å². The van der Waals surface area contributed by atoms with E-state index in [9.17, 15) is 4.79 Å². The Labute approximate surface area is 121 Å². The van der Waals surface area contributed by atoms with Crippen molar-refractivity contribution in [2.75, 3.05) is 24.5 Å². The lowest BCUT2D eigenvalue weighted by Gasteiger charge is -2.21. The van der Waals surface area contributed by atoms with Crippen LogP contribution in [0.25, 0.3) is 0 Å². The molecule has 0 fully saturated rings. The summed E-state index contributed by atoms with van der Waals surface area (Å²) in [6, 6.07) is 1.66. The minimum absolute atomic E-state index is 0.129. The Balaban J connectivity index is 2.80. The molecule has 0 saturated heterocycles. The average Bonchev–Trinajstić information content (AvgIpc) is 2.44. The van der Waals surface area contributed by atoms with Gasteiger partial charge >= 0.3 is 0 Å². The number of carbonyl (C=O) groups is 1. The number of nitrogens with one attached hydrogen (secondary N) is 1. The maximum atomic E-state index is 12.0. The van der Waals surface area contributed by atoms with E-state index in [1.54, 1.807) is 12.3 Å². The summed E-state index contributed by atoms with van der Waals surface area (Å²) in [7, 11) is 0. The topological polar surface area (TPSA) is 58.1 Å². The molecule has 1 heterocycles. The Bertz CT molecular complexity index is 414. The highest BCUT2D eigenvalue weighted by Crippen LogP contribution is 2.09. The minimum atomic E-state index is -0.129. The first-order valence-corrected chi connectivity index (χ1v) is 7.44. The molecule has 5 heteroatoms. The molecule has 0 radical (unpaired) electrons. The van der Waals surface area contributed by atoms with E-state index in [1.807, 2.05) is 0 Å². The molecular formula is C15H26N4O.